The molecule has 0 atom stereocenters. The van der Waals surface area contributed by atoms with Gasteiger partial charge in [-0.3, -0.25) is 0 Å². The molecule has 1 aliphatic carbocycles. The molecule has 2 rings (SSSR count). The van der Waals surface area contributed by atoms with Gasteiger partial charge in [0.2, 0.25) is 0 Å². The molecular formula is C16H25N3O2. The van der Waals surface area contributed by atoms with E-state index < -0.39 is 5.97 Å². The van der Waals surface area contributed by atoms with Gasteiger partial charge in [0, 0.05) is 5.54 Å². The quantitative estimate of drug-likeness (QED) is 0.624. The van der Waals surface area contributed by atoms with Crippen LogP contribution in [0.1, 0.15) is 54.9 Å². The van der Waals surface area contributed by atoms with Gasteiger partial charge in [-0.2, -0.15) is 0 Å². The normalized spacial score (nSPS) is 17.6. The number of carboxylic acid groups (broad SMARTS) is 1. The van der Waals surface area contributed by atoms with Crippen LogP contribution in [0.3, 0.4) is 0 Å². The Morgan fingerprint density at radius 1 is 1.29 bits per heavy atom. The highest BCUT2D eigenvalue weighted by atomic mass is 16.4. The molecule has 0 saturated heterocycles. The summed E-state index contributed by atoms with van der Waals surface area (Å²) in [6.07, 6.45) is 6.74. The molecule has 1 aromatic carbocycles. The van der Waals surface area contributed by atoms with Gasteiger partial charge in [-0.05, 0) is 50.4 Å². The Kier molecular flexibility index (Phi) is 4.73. The van der Waals surface area contributed by atoms with E-state index in [1.165, 1.54) is 38.2 Å². The molecule has 0 radical (unpaired) electrons. The molecule has 5 nitrogen and oxygen atoms in total. The number of rotatable bonds is 5. The van der Waals surface area contributed by atoms with Crippen molar-refractivity contribution in [1.29, 1.82) is 0 Å². The van der Waals surface area contributed by atoms with Gasteiger partial charge < -0.3 is 21.9 Å². The number of hydrogen-bond acceptors (Lipinski definition) is 4. The average molecular weight is 291 g/mol. The largest absolute Gasteiger partial charge is 0.478 e. The maximum Gasteiger partial charge on any atom is 0.336 e. The number of hydrogen-bond donors (Lipinski definition) is 4. The molecule has 1 fully saturated rings. The van der Waals surface area contributed by atoms with Crippen LogP contribution in [0.5, 0.6) is 0 Å². The van der Waals surface area contributed by atoms with Crippen molar-refractivity contribution >= 4 is 17.3 Å². The molecule has 1 aliphatic rings. The zero-order valence-corrected chi connectivity index (χ0v) is 12.6. The van der Waals surface area contributed by atoms with Gasteiger partial charge in [0.1, 0.15) is 0 Å². The smallest absolute Gasteiger partial charge is 0.336 e. The Labute approximate surface area is 125 Å². The summed E-state index contributed by atoms with van der Waals surface area (Å²) < 4.78 is 0. The third-order valence-corrected chi connectivity index (χ3v) is 4.51. The van der Waals surface area contributed by atoms with Crippen molar-refractivity contribution in [2.45, 2.75) is 51.0 Å². The second-order valence-electron chi connectivity index (χ2n) is 6.20. The fourth-order valence-electron chi connectivity index (χ4n) is 3.15. The number of benzene rings is 1. The lowest BCUT2D eigenvalue weighted by Gasteiger charge is -2.35. The first-order valence-electron chi connectivity index (χ1n) is 7.58. The Hall–Kier alpha value is -1.75. The minimum absolute atomic E-state index is 0.163. The first-order valence-corrected chi connectivity index (χ1v) is 7.58. The van der Waals surface area contributed by atoms with E-state index in [0.29, 0.717) is 29.9 Å². The van der Waals surface area contributed by atoms with Gasteiger partial charge in [-0.25, -0.2) is 4.79 Å². The third-order valence-electron chi connectivity index (χ3n) is 4.51. The topological polar surface area (TPSA) is 101 Å². The van der Waals surface area contributed by atoms with Gasteiger partial charge in [-0.15, -0.1) is 0 Å². The second kappa shape index (κ2) is 6.35. The fourth-order valence-corrected chi connectivity index (χ4v) is 3.15. The summed E-state index contributed by atoms with van der Waals surface area (Å²) in [6.45, 7) is 2.96. The van der Waals surface area contributed by atoms with Crippen molar-refractivity contribution in [3.8, 4) is 0 Å². The predicted molar refractivity (Wildman–Crippen MR) is 85.4 cm³/mol. The summed E-state index contributed by atoms with van der Waals surface area (Å²) in [7, 11) is 0. The molecule has 0 bridgehead atoms. The highest BCUT2D eigenvalue weighted by Crippen LogP contribution is 2.28. The Morgan fingerprint density at radius 2 is 1.95 bits per heavy atom. The summed E-state index contributed by atoms with van der Waals surface area (Å²) in [6, 6.07) is 3.09. The van der Waals surface area contributed by atoms with Gasteiger partial charge >= 0.3 is 5.97 Å². The molecule has 21 heavy (non-hydrogen) atoms. The minimum atomic E-state index is -0.958. The van der Waals surface area contributed by atoms with Crippen LogP contribution in [0, 0.1) is 0 Å². The minimum Gasteiger partial charge on any atom is -0.478 e. The number of nitrogen functional groups attached to an aromatic ring is 2. The van der Waals surface area contributed by atoms with Crippen molar-refractivity contribution in [1.82, 2.24) is 5.32 Å². The van der Waals surface area contributed by atoms with E-state index in [-0.39, 0.29) is 11.1 Å². The lowest BCUT2D eigenvalue weighted by Crippen LogP contribution is -2.44. The fraction of sp³-hybridized carbons (Fsp3) is 0.562. The zero-order valence-electron chi connectivity index (χ0n) is 12.6. The summed E-state index contributed by atoms with van der Waals surface area (Å²) >= 11 is 0. The van der Waals surface area contributed by atoms with Gasteiger partial charge in [-0.1, -0.05) is 19.3 Å². The van der Waals surface area contributed by atoms with Crippen LogP contribution < -0.4 is 16.8 Å². The first kappa shape index (κ1) is 15.6. The molecule has 0 unspecified atom stereocenters. The summed E-state index contributed by atoms with van der Waals surface area (Å²) in [5, 5.41) is 12.8. The molecule has 0 spiro atoms. The van der Waals surface area contributed by atoms with Crippen LogP contribution in [-0.2, 0) is 6.42 Å². The predicted octanol–water partition coefficient (Wildman–Crippen LogP) is 2.40. The highest BCUT2D eigenvalue weighted by molar-refractivity contribution is 5.93. The monoisotopic (exact) mass is 291 g/mol. The lowest BCUT2D eigenvalue weighted by atomic mass is 9.83. The molecular weight excluding hydrogens is 266 g/mol. The van der Waals surface area contributed by atoms with Crippen LogP contribution in [0.25, 0.3) is 0 Å². The molecule has 116 valence electrons. The number of anilines is 2. The van der Waals surface area contributed by atoms with E-state index >= 15 is 0 Å². The Balaban J connectivity index is 2.05. The van der Waals surface area contributed by atoms with Gasteiger partial charge in [0.05, 0.1) is 16.9 Å². The van der Waals surface area contributed by atoms with Crippen LogP contribution in [-0.4, -0.2) is 23.2 Å². The second-order valence-corrected chi connectivity index (χ2v) is 6.20. The van der Waals surface area contributed by atoms with Crippen molar-refractivity contribution < 1.29 is 9.90 Å². The van der Waals surface area contributed by atoms with E-state index in [0.717, 1.165) is 0 Å². The maximum atomic E-state index is 11.3. The van der Waals surface area contributed by atoms with Crippen LogP contribution in [0.2, 0.25) is 0 Å². The standard InChI is InChI=1S/C16H25N3O2/c1-16(8-3-2-4-9-16)19-10-7-11-12(15(20)21)5-6-13(17)14(11)18/h5-6,19H,2-4,7-10,17-18H2,1H3,(H,20,21). The third kappa shape index (κ3) is 3.67. The van der Waals surface area contributed by atoms with E-state index in [2.05, 4.69) is 12.2 Å². The van der Waals surface area contributed by atoms with Crippen molar-refractivity contribution in [3.63, 3.8) is 0 Å². The first-order chi connectivity index (χ1) is 9.93. The highest BCUT2D eigenvalue weighted by Gasteiger charge is 2.26. The average Bonchev–Trinajstić information content (AvgIpc) is 2.44. The van der Waals surface area contributed by atoms with E-state index in [1.54, 1.807) is 6.07 Å². The van der Waals surface area contributed by atoms with Crippen molar-refractivity contribution in [2.75, 3.05) is 18.0 Å². The molecule has 0 heterocycles. The number of nitrogens with one attached hydrogen (secondary N) is 1. The molecule has 5 heteroatoms. The summed E-state index contributed by atoms with van der Waals surface area (Å²) in [5.41, 5.74) is 13.6. The summed E-state index contributed by atoms with van der Waals surface area (Å²) in [5.74, 6) is -0.958. The molecule has 0 aliphatic heterocycles. The SMILES string of the molecule is CC1(NCCc2c(C(=O)O)ccc(N)c2N)CCCCC1. The molecule has 1 saturated carbocycles. The lowest BCUT2D eigenvalue weighted by molar-refractivity contribution is 0.0696. The Bertz CT molecular complexity index is 522. The number of nitrogens with two attached hydrogens (primary N) is 2. The molecule has 1 aromatic rings. The molecule has 0 amide bonds. The van der Waals surface area contributed by atoms with Crippen molar-refractivity contribution in [2.24, 2.45) is 0 Å². The van der Waals surface area contributed by atoms with E-state index in [9.17, 15) is 9.90 Å². The maximum absolute atomic E-state index is 11.3. The number of aromatic carboxylic acids is 1. The van der Waals surface area contributed by atoms with Crippen LogP contribution >= 0.6 is 0 Å². The Morgan fingerprint density at radius 3 is 2.57 bits per heavy atom. The zero-order chi connectivity index (χ0) is 15.5. The van der Waals surface area contributed by atoms with Crippen LogP contribution in [0.4, 0.5) is 11.4 Å². The summed E-state index contributed by atoms with van der Waals surface area (Å²) in [4.78, 5) is 11.3. The molecule has 0 aromatic heterocycles. The number of carboxylic acids is 1. The number of carbonyl (C=O) groups is 1. The van der Waals surface area contributed by atoms with E-state index in [4.69, 9.17) is 11.5 Å². The van der Waals surface area contributed by atoms with Gasteiger partial charge in [0.25, 0.3) is 0 Å². The van der Waals surface area contributed by atoms with Crippen molar-refractivity contribution in [3.05, 3.63) is 23.3 Å². The van der Waals surface area contributed by atoms with Crippen LogP contribution in [0.15, 0.2) is 12.1 Å². The van der Waals surface area contributed by atoms with Gasteiger partial charge in [0.15, 0.2) is 0 Å². The van der Waals surface area contributed by atoms with E-state index in [1.807, 2.05) is 0 Å². The molecule has 6 N–H and O–H groups in total.